The molecule has 0 saturated carbocycles. The van der Waals surface area contributed by atoms with Crippen LogP contribution in [0.3, 0.4) is 0 Å². The molecule has 1 heterocycles. The molecule has 1 aromatic heterocycles. The molecule has 4 aromatic rings. The van der Waals surface area contributed by atoms with Crippen LogP contribution in [0.25, 0.3) is 10.8 Å². The number of nitrogen functional groups attached to an aromatic ring is 1. The second kappa shape index (κ2) is 10.1. The van der Waals surface area contributed by atoms with E-state index in [0.29, 0.717) is 23.9 Å². The number of hydrogen-bond donors (Lipinski definition) is 3. The Morgan fingerprint density at radius 3 is 2.59 bits per heavy atom. The predicted molar refractivity (Wildman–Crippen MR) is 135 cm³/mol. The van der Waals surface area contributed by atoms with E-state index in [1.54, 1.807) is 26.5 Å². The summed E-state index contributed by atoms with van der Waals surface area (Å²) in [5.41, 5.74) is 9.70. The maximum atomic E-state index is 13.4. The molecule has 0 bridgehead atoms. The largest absolute Gasteiger partial charge is 0.493 e. The molecule has 1 amide bonds. The van der Waals surface area contributed by atoms with Gasteiger partial charge < -0.3 is 25.8 Å². The molecule has 0 fully saturated rings. The summed E-state index contributed by atoms with van der Waals surface area (Å²) in [5.74, 6) is 1.45. The molecule has 0 radical (unpaired) electrons. The van der Waals surface area contributed by atoms with Gasteiger partial charge in [0.15, 0.2) is 11.5 Å². The number of nitrogens with zero attached hydrogens (tertiary/aromatic N) is 1. The number of methoxy groups -OCH3 is 2. The number of benzene rings is 3. The van der Waals surface area contributed by atoms with Gasteiger partial charge in [-0.2, -0.15) is 0 Å². The summed E-state index contributed by atoms with van der Waals surface area (Å²) in [7, 11) is 3.15. The fourth-order valence-electron chi connectivity index (χ4n) is 3.90. The number of anilines is 2. The van der Waals surface area contributed by atoms with Crippen molar-refractivity contribution in [1.82, 2.24) is 10.3 Å². The number of nitrogens with one attached hydrogen (secondary N) is 2. The Morgan fingerprint density at radius 1 is 1.00 bits per heavy atom. The molecular weight excluding hydrogens is 428 g/mol. The van der Waals surface area contributed by atoms with Gasteiger partial charge in [0.05, 0.1) is 14.2 Å². The van der Waals surface area contributed by atoms with Gasteiger partial charge in [0.25, 0.3) is 0 Å². The Bertz CT molecular complexity index is 1320. The van der Waals surface area contributed by atoms with Crippen molar-refractivity contribution >= 4 is 28.2 Å². The van der Waals surface area contributed by atoms with Crippen LogP contribution in [0.5, 0.6) is 11.5 Å². The lowest BCUT2D eigenvalue weighted by Crippen LogP contribution is -2.33. The van der Waals surface area contributed by atoms with E-state index in [4.69, 9.17) is 15.2 Å². The third kappa shape index (κ3) is 5.04. The SMILES string of the molecule is COc1ccc(C(Nc2ccc3c(N)nccc3c2)C(=O)NCc2cccc(C)c2)cc1OC. The molecule has 0 saturated heterocycles. The molecule has 1 atom stereocenters. The van der Waals surface area contributed by atoms with Crippen molar-refractivity contribution in [3.63, 3.8) is 0 Å². The second-order valence-corrected chi connectivity index (χ2v) is 8.03. The zero-order valence-corrected chi connectivity index (χ0v) is 19.5. The summed E-state index contributed by atoms with van der Waals surface area (Å²) >= 11 is 0. The first kappa shape index (κ1) is 22.9. The zero-order valence-electron chi connectivity index (χ0n) is 19.5. The molecule has 3 aromatic carbocycles. The zero-order chi connectivity index (χ0) is 24.1. The van der Waals surface area contributed by atoms with Gasteiger partial charge in [0, 0.05) is 23.8 Å². The van der Waals surface area contributed by atoms with Crippen LogP contribution in [-0.4, -0.2) is 25.1 Å². The van der Waals surface area contributed by atoms with Gasteiger partial charge in [-0.25, -0.2) is 4.98 Å². The van der Waals surface area contributed by atoms with Gasteiger partial charge in [-0.05, 0) is 59.8 Å². The standard InChI is InChI=1S/C27H28N4O3/c1-17-5-4-6-18(13-17)16-30-27(32)25(20-7-10-23(33-2)24(15-20)34-3)31-21-8-9-22-19(14-21)11-12-29-26(22)28/h4-15,25,31H,16H2,1-3H3,(H2,28,29)(H,30,32). The van der Waals surface area contributed by atoms with Crippen LogP contribution < -0.4 is 25.8 Å². The second-order valence-electron chi connectivity index (χ2n) is 8.03. The molecule has 0 aliphatic carbocycles. The number of rotatable bonds is 8. The van der Waals surface area contributed by atoms with Gasteiger partial charge in [0.2, 0.25) is 5.91 Å². The fraction of sp³-hybridized carbons (Fsp3) is 0.185. The molecule has 4 N–H and O–H groups in total. The molecule has 4 rings (SSSR count). The van der Waals surface area contributed by atoms with Crippen molar-refractivity contribution in [2.24, 2.45) is 0 Å². The van der Waals surface area contributed by atoms with Crippen LogP contribution in [0.2, 0.25) is 0 Å². The number of pyridine rings is 1. The van der Waals surface area contributed by atoms with Gasteiger partial charge in [0.1, 0.15) is 11.9 Å². The fourth-order valence-corrected chi connectivity index (χ4v) is 3.90. The maximum absolute atomic E-state index is 13.4. The Labute approximate surface area is 198 Å². The van der Waals surface area contributed by atoms with Gasteiger partial charge >= 0.3 is 0 Å². The molecule has 0 spiro atoms. The minimum Gasteiger partial charge on any atom is -0.493 e. The number of aryl methyl sites for hydroxylation is 1. The average Bonchev–Trinajstić information content (AvgIpc) is 2.85. The highest BCUT2D eigenvalue weighted by atomic mass is 16.5. The first-order valence-electron chi connectivity index (χ1n) is 10.9. The number of carbonyl (C=O) groups excluding carboxylic acids is 1. The van der Waals surface area contributed by atoms with E-state index < -0.39 is 6.04 Å². The molecular formula is C27H28N4O3. The summed E-state index contributed by atoms with van der Waals surface area (Å²) in [6.07, 6.45) is 1.67. The Kier molecular flexibility index (Phi) is 6.82. The maximum Gasteiger partial charge on any atom is 0.247 e. The minimum atomic E-state index is -0.666. The number of amides is 1. The average molecular weight is 457 g/mol. The Hall–Kier alpha value is -4.26. The summed E-state index contributed by atoms with van der Waals surface area (Å²) in [4.78, 5) is 17.5. The van der Waals surface area contributed by atoms with Crippen molar-refractivity contribution in [3.05, 3.63) is 89.6 Å². The molecule has 1 unspecified atom stereocenters. The highest BCUT2D eigenvalue weighted by Crippen LogP contribution is 2.32. The summed E-state index contributed by atoms with van der Waals surface area (Å²) in [6.45, 7) is 2.45. The smallest absolute Gasteiger partial charge is 0.247 e. The number of nitrogens with two attached hydrogens (primary N) is 1. The summed E-state index contributed by atoms with van der Waals surface area (Å²) in [6, 6.07) is 20.5. The van der Waals surface area contributed by atoms with E-state index in [2.05, 4.69) is 21.7 Å². The highest BCUT2D eigenvalue weighted by Gasteiger charge is 2.22. The number of hydrogen-bond acceptors (Lipinski definition) is 6. The monoisotopic (exact) mass is 456 g/mol. The van der Waals surface area contributed by atoms with E-state index >= 15 is 0 Å². The van der Waals surface area contributed by atoms with Crippen LogP contribution in [0.4, 0.5) is 11.5 Å². The van der Waals surface area contributed by atoms with Crippen LogP contribution in [0.1, 0.15) is 22.7 Å². The van der Waals surface area contributed by atoms with Gasteiger partial charge in [-0.3, -0.25) is 4.79 Å². The topological polar surface area (TPSA) is 98.5 Å². The van der Waals surface area contributed by atoms with E-state index in [0.717, 1.165) is 33.2 Å². The lowest BCUT2D eigenvalue weighted by molar-refractivity contribution is -0.122. The van der Waals surface area contributed by atoms with Crippen LogP contribution in [0, 0.1) is 6.92 Å². The predicted octanol–water partition coefficient (Wildman–Crippen LogP) is 4.61. The Morgan fingerprint density at radius 2 is 1.82 bits per heavy atom. The quantitative estimate of drug-likeness (QED) is 0.358. The molecule has 7 heteroatoms. The lowest BCUT2D eigenvalue weighted by atomic mass is 10.0. The molecule has 174 valence electrons. The number of ether oxygens (including phenoxy) is 2. The van der Waals surface area contributed by atoms with E-state index in [9.17, 15) is 4.79 Å². The van der Waals surface area contributed by atoms with Crippen molar-refractivity contribution in [1.29, 1.82) is 0 Å². The first-order chi connectivity index (χ1) is 16.5. The lowest BCUT2D eigenvalue weighted by Gasteiger charge is -2.21. The van der Waals surface area contributed by atoms with E-state index in [1.807, 2.05) is 61.5 Å². The normalized spacial score (nSPS) is 11.6. The number of aromatic nitrogens is 1. The van der Waals surface area contributed by atoms with E-state index in [-0.39, 0.29) is 5.91 Å². The van der Waals surface area contributed by atoms with Crippen molar-refractivity contribution < 1.29 is 14.3 Å². The first-order valence-corrected chi connectivity index (χ1v) is 10.9. The number of carbonyl (C=O) groups is 1. The minimum absolute atomic E-state index is 0.164. The van der Waals surface area contributed by atoms with Gasteiger partial charge in [-0.1, -0.05) is 35.9 Å². The van der Waals surface area contributed by atoms with Crippen molar-refractivity contribution in [2.75, 3.05) is 25.3 Å². The van der Waals surface area contributed by atoms with Crippen molar-refractivity contribution in [2.45, 2.75) is 19.5 Å². The molecule has 7 nitrogen and oxygen atoms in total. The molecule has 34 heavy (non-hydrogen) atoms. The summed E-state index contributed by atoms with van der Waals surface area (Å²) in [5, 5.41) is 8.22. The van der Waals surface area contributed by atoms with Crippen molar-refractivity contribution in [3.8, 4) is 11.5 Å². The van der Waals surface area contributed by atoms with Gasteiger partial charge in [-0.15, -0.1) is 0 Å². The van der Waals surface area contributed by atoms with Crippen LogP contribution in [0.15, 0.2) is 72.9 Å². The Balaban J connectivity index is 1.65. The number of fused-ring (bicyclic) bond motifs is 1. The molecule has 0 aliphatic heterocycles. The third-order valence-electron chi connectivity index (χ3n) is 5.66. The summed E-state index contributed by atoms with van der Waals surface area (Å²) < 4.78 is 10.8. The highest BCUT2D eigenvalue weighted by molar-refractivity contribution is 5.94. The molecule has 0 aliphatic rings. The van der Waals surface area contributed by atoms with Crippen LogP contribution >= 0.6 is 0 Å². The van der Waals surface area contributed by atoms with Crippen LogP contribution in [-0.2, 0) is 11.3 Å². The van der Waals surface area contributed by atoms with E-state index in [1.165, 1.54) is 0 Å². The third-order valence-corrected chi connectivity index (χ3v) is 5.66.